The number of para-hydroxylation sites is 1. The van der Waals surface area contributed by atoms with Gasteiger partial charge in [-0.1, -0.05) is 19.1 Å². The molecule has 2 aliphatic heterocycles. The number of morpholine rings is 1. The maximum atomic E-state index is 15.7. The van der Waals surface area contributed by atoms with E-state index < -0.39 is 23.5 Å². The normalized spacial score (nSPS) is 24.4. The van der Waals surface area contributed by atoms with E-state index in [9.17, 15) is 4.79 Å². The van der Waals surface area contributed by atoms with Gasteiger partial charge in [0.2, 0.25) is 5.91 Å². The van der Waals surface area contributed by atoms with Crippen LogP contribution in [0.2, 0.25) is 0 Å². The highest BCUT2D eigenvalue weighted by Gasteiger charge is 2.36. The molecule has 2 unspecified atom stereocenters. The summed E-state index contributed by atoms with van der Waals surface area (Å²) in [4.78, 5) is 26.1. The van der Waals surface area contributed by atoms with Crippen LogP contribution in [-0.4, -0.2) is 81.4 Å². The fourth-order valence-electron chi connectivity index (χ4n) is 6.51. The summed E-state index contributed by atoms with van der Waals surface area (Å²) in [7, 11) is 0. The van der Waals surface area contributed by atoms with Gasteiger partial charge in [0.15, 0.2) is 0 Å². The molecule has 3 fully saturated rings. The molecule has 0 spiro atoms. The van der Waals surface area contributed by atoms with Crippen molar-refractivity contribution >= 4 is 16.9 Å². The van der Waals surface area contributed by atoms with Crippen molar-refractivity contribution in [2.24, 2.45) is 11.8 Å². The van der Waals surface area contributed by atoms with Crippen molar-refractivity contribution in [2.45, 2.75) is 44.6 Å². The van der Waals surface area contributed by atoms with E-state index in [1.54, 1.807) is 18.5 Å². The van der Waals surface area contributed by atoms with Gasteiger partial charge >= 0.3 is 0 Å². The number of carbonyl (C=O) groups excluding carboxylic acids is 1. The number of benzene rings is 1. The second-order valence-corrected chi connectivity index (χ2v) is 12.1. The number of amides is 1. The molecule has 1 saturated carbocycles. The van der Waals surface area contributed by atoms with Gasteiger partial charge in [-0.15, -0.1) is 0 Å². The summed E-state index contributed by atoms with van der Waals surface area (Å²) in [5.41, 5.74) is 3.72. The highest BCUT2D eigenvalue weighted by Crippen LogP contribution is 2.43. The molecule has 2 saturated heterocycles. The number of allylic oxidation sites excluding steroid dienone is 2. The van der Waals surface area contributed by atoms with E-state index in [2.05, 4.69) is 10.1 Å². The van der Waals surface area contributed by atoms with Crippen LogP contribution in [0.4, 0.5) is 8.78 Å². The van der Waals surface area contributed by atoms with Crippen molar-refractivity contribution in [3.63, 3.8) is 0 Å². The standard InChI is InChI=1S/C32H36F2N6O2/c1-20-25(15-27(33)26(30(20)34)19-38-11-13-42-14-12-38)24-3-2-4-28-31(24)37-29(17-35-28)22-16-36-40(18-22)23-7-9-39(10-8-23)32(41)21-5-6-21/h2-4,15-18,20-21,23,25H,5-14,19H2,1H3. The van der Waals surface area contributed by atoms with Crippen LogP contribution in [0.1, 0.15) is 50.1 Å². The van der Waals surface area contributed by atoms with Crippen LogP contribution >= 0.6 is 0 Å². The Balaban J connectivity index is 1.12. The van der Waals surface area contributed by atoms with Crippen LogP contribution in [-0.2, 0) is 9.53 Å². The van der Waals surface area contributed by atoms with E-state index in [1.807, 2.05) is 45.8 Å². The van der Waals surface area contributed by atoms with Gasteiger partial charge in [0.1, 0.15) is 11.7 Å². The molecule has 10 heteroatoms. The average molecular weight is 575 g/mol. The lowest BCUT2D eigenvalue weighted by Gasteiger charge is -2.32. The Hall–Kier alpha value is -3.50. The fraction of sp³-hybridized carbons (Fsp3) is 0.500. The molecule has 220 valence electrons. The van der Waals surface area contributed by atoms with Crippen LogP contribution in [0.5, 0.6) is 0 Å². The number of fused-ring (bicyclic) bond motifs is 1. The van der Waals surface area contributed by atoms with Crippen molar-refractivity contribution in [3.8, 4) is 11.3 Å². The molecule has 1 aromatic carbocycles. The summed E-state index contributed by atoms with van der Waals surface area (Å²) in [5.74, 6) is -1.38. The molecule has 42 heavy (non-hydrogen) atoms. The smallest absolute Gasteiger partial charge is 0.225 e. The van der Waals surface area contributed by atoms with E-state index in [4.69, 9.17) is 9.72 Å². The molecule has 3 aromatic rings. The van der Waals surface area contributed by atoms with Crippen molar-refractivity contribution in [2.75, 3.05) is 45.9 Å². The number of hydrogen-bond donors (Lipinski definition) is 0. The Kier molecular flexibility index (Phi) is 7.35. The highest BCUT2D eigenvalue weighted by molar-refractivity contribution is 5.82. The third kappa shape index (κ3) is 5.26. The summed E-state index contributed by atoms with van der Waals surface area (Å²) < 4.78 is 38.5. The Morgan fingerprint density at radius 3 is 2.60 bits per heavy atom. The zero-order chi connectivity index (χ0) is 28.8. The predicted molar refractivity (Wildman–Crippen MR) is 155 cm³/mol. The Bertz CT molecular complexity index is 1550. The first-order chi connectivity index (χ1) is 20.5. The first-order valence-electron chi connectivity index (χ1n) is 15.1. The molecule has 4 heterocycles. The molecule has 4 aliphatic rings. The number of piperidine rings is 1. The van der Waals surface area contributed by atoms with Crippen molar-refractivity contribution in [1.29, 1.82) is 0 Å². The molecule has 2 aliphatic carbocycles. The topological polar surface area (TPSA) is 76.4 Å². The number of halogens is 2. The average Bonchev–Trinajstić information content (AvgIpc) is 3.76. The highest BCUT2D eigenvalue weighted by atomic mass is 19.1. The zero-order valence-corrected chi connectivity index (χ0v) is 23.9. The number of carbonyl (C=O) groups is 1. The van der Waals surface area contributed by atoms with Crippen LogP contribution in [0.25, 0.3) is 22.3 Å². The van der Waals surface area contributed by atoms with Crippen molar-refractivity contribution in [3.05, 3.63) is 65.7 Å². The van der Waals surface area contributed by atoms with Gasteiger partial charge in [0, 0.05) is 67.8 Å². The summed E-state index contributed by atoms with van der Waals surface area (Å²) in [6, 6.07) is 5.86. The second-order valence-electron chi connectivity index (χ2n) is 12.1. The maximum Gasteiger partial charge on any atom is 0.225 e. The molecular weight excluding hydrogens is 538 g/mol. The summed E-state index contributed by atoms with van der Waals surface area (Å²) >= 11 is 0. The Morgan fingerprint density at radius 2 is 1.83 bits per heavy atom. The lowest BCUT2D eigenvalue weighted by atomic mass is 9.80. The van der Waals surface area contributed by atoms with Crippen LogP contribution in [0, 0.1) is 11.8 Å². The summed E-state index contributed by atoms with van der Waals surface area (Å²) in [6.07, 6.45) is 10.9. The number of nitrogens with zero attached hydrogens (tertiary/aromatic N) is 6. The van der Waals surface area contributed by atoms with Crippen LogP contribution in [0.15, 0.2) is 60.1 Å². The SMILES string of the molecule is CC1C(F)=C(CN2CCOCC2)C(F)=CC1c1cccc2ncc(-c3cnn(C4CCN(C(=O)C5CC5)CC4)c3)nc12. The van der Waals surface area contributed by atoms with Crippen molar-refractivity contribution < 1.29 is 18.3 Å². The third-order valence-electron chi connectivity index (χ3n) is 9.26. The summed E-state index contributed by atoms with van der Waals surface area (Å²) in [5, 5.41) is 4.63. The number of aromatic nitrogens is 4. The molecule has 7 rings (SSSR count). The maximum absolute atomic E-state index is 15.7. The zero-order valence-electron chi connectivity index (χ0n) is 23.9. The first kappa shape index (κ1) is 27.3. The van der Waals surface area contributed by atoms with Crippen LogP contribution < -0.4 is 0 Å². The van der Waals surface area contributed by atoms with E-state index in [0.717, 1.165) is 49.9 Å². The minimum absolute atomic E-state index is 0.141. The van der Waals surface area contributed by atoms with Crippen molar-refractivity contribution in [1.82, 2.24) is 29.5 Å². The molecule has 2 atom stereocenters. The number of rotatable bonds is 6. The molecule has 8 nitrogen and oxygen atoms in total. The Morgan fingerprint density at radius 1 is 1.05 bits per heavy atom. The van der Waals surface area contributed by atoms with E-state index >= 15 is 8.78 Å². The molecule has 0 radical (unpaired) electrons. The molecule has 0 bridgehead atoms. The quantitative estimate of drug-likeness (QED) is 0.403. The van der Waals surface area contributed by atoms with E-state index in [-0.39, 0.29) is 24.1 Å². The predicted octanol–water partition coefficient (Wildman–Crippen LogP) is 5.21. The van der Waals surface area contributed by atoms with E-state index in [0.29, 0.717) is 48.9 Å². The number of likely N-dealkylation sites (tertiary alicyclic amines) is 1. The largest absolute Gasteiger partial charge is 0.379 e. The third-order valence-corrected chi connectivity index (χ3v) is 9.26. The molecule has 0 N–H and O–H groups in total. The fourth-order valence-corrected chi connectivity index (χ4v) is 6.51. The van der Waals surface area contributed by atoms with Gasteiger partial charge in [0.25, 0.3) is 0 Å². The lowest BCUT2D eigenvalue weighted by molar-refractivity contribution is -0.133. The first-order valence-corrected chi connectivity index (χ1v) is 15.1. The van der Waals surface area contributed by atoms with E-state index in [1.165, 1.54) is 0 Å². The minimum Gasteiger partial charge on any atom is -0.379 e. The molecule has 2 aromatic heterocycles. The van der Waals surface area contributed by atoms with Gasteiger partial charge in [0.05, 0.1) is 48.4 Å². The van der Waals surface area contributed by atoms with Gasteiger partial charge in [-0.25, -0.2) is 13.8 Å². The monoisotopic (exact) mass is 574 g/mol. The lowest BCUT2D eigenvalue weighted by Crippen LogP contribution is -2.39. The van der Waals surface area contributed by atoms with Crippen LogP contribution in [0.3, 0.4) is 0 Å². The van der Waals surface area contributed by atoms with Gasteiger partial charge in [-0.2, -0.15) is 5.10 Å². The molecular formula is C32H36F2N6O2. The number of ether oxygens (including phenoxy) is 1. The van der Waals surface area contributed by atoms with Gasteiger partial charge < -0.3 is 9.64 Å². The van der Waals surface area contributed by atoms with Gasteiger partial charge in [-0.05, 0) is 43.4 Å². The van der Waals surface area contributed by atoms with Gasteiger partial charge in [-0.3, -0.25) is 19.4 Å². The minimum atomic E-state index is -0.531. The number of hydrogen-bond acceptors (Lipinski definition) is 6. The second kappa shape index (κ2) is 11.3. The summed E-state index contributed by atoms with van der Waals surface area (Å²) in [6.45, 7) is 6.07. The molecule has 1 amide bonds. The Labute approximate surface area is 244 Å².